The first-order valence-electron chi connectivity index (χ1n) is 14.7. The van der Waals surface area contributed by atoms with Gasteiger partial charge in [0.25, 0.3) is 0 Å². The molecule has 3 aliphatic rings. The second kappa shape index (κ2) is 11.0. The number of nitrogens with one attached hydrogen (secondary N) is 1. The highest BCUT2D eigenvalue weighted by Gasteiger charge is 2.48. The Hall–Kier alpha value is -3.40. The van der Waals surface area contributed by atoms with Crippen molar-refractivity contribution in [1.29, 1.82) is 0 Å². The van der Waals surface area contributed by atoms with Crippen molar-refractivity contribution in [2.75, 3.05) is 29.9 Å². The van der Waals surface area contributed by atoms with E-state index in [0.29, 0.717) is 23.9 Å². The number of benzene rings is 1. The molecule has 0 unspecified atom stereocenters. The van der Waals surface area contributed by atoms with Gasteiger partial charge in [-0.3, -0.25) is 9.59 Å². The van der Waals surface area contributed by atoms with E-state index in [1.54, 1.807) is 17.0 Å². The van der Waals surface area contributed by atoms with Crippen molar-refractivity contribution >= 4 is 41.1 Å². The molecule has 3 amide bonds. The minimum atomic E-state index is -0.752. The summed E-state index contributed by atoms with van der Waals surface area (Å²) in [6.07, 6.45) is 2.76. The van der Waals surface area contributed by atoms with Gasteiger partial charge in [-0.05, 0) is 79.0 Å². The maximum atomic E-state index is 14.3. The molecule has 3 aliphatic heterocycles. The lowest BCUT2D eigenvalue weighted by Crippen LogP contribution is -2.57. The lowest BCUT2D eigenvalue weighted by atomic mass is 9.86. The largest absolute Gasteiger partial charge is 0.448 e. The third-order valence-electron chi connectivity index (χ3n) is 8.67. The number of rotatable bonds is 6. The van der Waals surface area contributed by atoms with E-state index in [9.17, 15) is 14.4 Å². The summed E-state index contributed by atoms with van der Waals surface area (Å²) in [6.45, 7) is 14.7. The number of amides is 3. The van der Waals surface area contributed by atoms with Crippen LogP contribution in [0.5, 0.6) is 0 Å². The van der Waals surface area contributed by atoms with Crippen LogP contribution in [0.3, 0.4) is 0 Å². The summed E-state index contributed by atoms with van der Waals surface area (Å²) in [6, 6.07) is 7.03. The molecule has 0 spiro atoms. The second-order valence-electron chi connectivity index (χ2n) is 13.4. The lowest BCUT2D eigenvalue weighted by Gasteiger charge is -2.43. The fourth-order valence-corrected chi connectivity index (χ4v) is 6.89. The van der Waals surface area contributed by atoms with Gasteiger partial charge in [0, 0.05) is 41.8 Å². The van der Waals surface area contributed by atoms with Crippen molar-refractivity contribution < 1.29 is 19.1 Å². The summed E-state index contributed by atoms with van der Waals surface area (Å²) < 4.78 is 5.86. The number of ether oxygens (including phenoxy) is 1. The van der Waals surface area contributed by atoms with Gasteiger partial charge in [-0.25, -0.2) is 14.8 Å². The number of carbonyl (C=O) groups excluding carboxylic acids is 3. The predicted octanol–water partition coefficient (Wildman–Crippen LogP) is 4.97. The van der Waals surface area contributed by atoms with E-state index in [4.69, 9.17) is 16.3 Å². The number of nitrogens with zero attached hydrogens (tertiary/aromatic N) is 5. The SMILES string of the molecule is CC(C)N(C(=O)OC[C@@H](C(=O)N1[C@@H]2CC[C@H]1CN(c1ncnc3c1C(C)(C)C(=O)N3)C2)c1ccc(Cl)cc1)C(C)(C)C. The molecule has 5 rings (SSSR count). The molecule has 2 bridgehead atoms. The highest BCUT2D eigenvalue weighted by Crippen LogP contribution is 2.43. The Morgan fingerprint density at radius 1 is 1.12 bits per heavy atom. The zero-order valence-corrected chi connectivity index (χ0v) is 26.2. The Balaban J connectivity index is 1.38. The van der Waals surface area contributed by atoms with Gasteiger partial charge in [0.05, 0.1) is 16.9 Å². The number of hydrogen-bond donors (Lipinski definition) is 1. The van der Waals surface area contributed by atoms with E-state index in [1.165, 1.54) is 6.33 Å². The molecule has 3 atom stereocenters. The van der Waals surface area contributed by atoms with E-state index in [1.807, 2.05) is 65.5 Å². The van der Waals surface area contributed by atoms with Crippen LogP contribution in [0.1, 0.15) is 78.4 Å². The number of carbonyl (C=O) groups is 3. The van der Waals surface area contributed by atoms with E-state index < -0.39 is 23.0 Å². The van der Waals surface area contributed by atoms with Crippen molar-refractivity contribution in [2.24, 2.45) is 0 Å². The number of fused-ring (bicyclic) bond motifs is 3. The molecule has 2 aromatic rings. The van der Waals surface area contributed by atoms with Crippen LogP contribution < -0.4 is 10.2 Å². The maximum Gasteiger partial charge on any atom is 0.410 e. The van der Waals surface area contributed by atoms with Gasteiger partial charge in [0.1, 0.15) is 24.6 Å². The molecule has 1 aromatic heterocycles. The lowest BCUT2D eigenvalue weighted by molar-refractivity contribution is -0.137. The Kier molecular flexibility index (Phi) is 7.89. The first-order valence-corrected chi connectivity index (χ1v) is 15.0. The van der Waals surface area contributed by atoms with Crippen molar-refractivity contribution in [3.63, 3.8) is 0 Å². The van der Waals surface area contributed by atoms with Gasteiger partial charge < -0.3 is 24.8 Å². The van der Waals surface area contributed by atoms with E-state index in [2.05, 4.69) is 20.2 Å². The Morgan fingerprint density at radius 2 is 1.74 bits per heavy atom. The second-order valence-corrected chi connectivity index (χ2v) is 13.8. The van der Waals surface area contributed by atoms with Gasteiger partial charge in [-0.1, -0.05) is 23.7 Å². The highest BCUT2D eigenvalue weighted by molar-refractivity contribution is 6.30. The molecule has 1 aromatic carbocycles. The van der Waals surface area contributed by atoms with Gasteiger partial charge in [0.2, 0.25) is 11.8 Å². The molecule has 42 heavy (non-hydrogen) atoms. The summed E-state index contributed by atoms with van der Waals surface area (Å²) in [5, 5.41) is 3.45. The standard InChI is InChI=1S/C31H41ClN6O4/c1-18(2)38(30(3,4)5)29(41)42-16-23(19-8-10-20(32)11-9-19)27(39)37-21-12-13-22(37)15-36(14-21)26-24-25(33-17-34-26)35-28(40)31(24,6)7/h8-11,17-18,21-23H,12-16H2,1-7H3,(H,33,34,35,40)/t21-,22+,23-/m1/s1. The van der Waals surface area contributed by atoms with Crippen LogP contribution in [0.25, 0.3) is 0 Å². The minimum Gasteiger partial charge on any atom is -0.448 e. The molecule has 11 heteroatoms. The molecule has 0 aliphatic carbocycles. The van der Waals surface area contributed by atoms with E-state index in [0.717, 1.165) is 29.8 Å². The van der Waals surface area contributed by atoms with Crippen LogP contribution in [0.15, 0.2) is 30.6 Å². The summed E-state index contributed by atoms with van der Waals surface area (Å²) in [4.78, 5) is 55.0. The maximum absolute atomic E-state index is 14.3. The molecular formula is C31H41ClN6O4. The zero-order valence-electron chi connectivity index (χ0n) is 25.5. The summed E-state index contributed by atoms with van der Waals surface area (Å²) in [5.41, 5.74) is 0.369. The number of aromatic nitrogens is 2. The van der Waals surface area contributed by atoms with E-state index in [-0.39, 0.29) is 36.5 Å². The molecule has 10 nitrogen and oxygen atoms in total. The van der Waals surface area contributed by atoms with Crippen molar-refractivity contribution in [3.05, 3.63) is 46.7 Å². The van der Waals surface area contributed by atoms with Crippen LogP contribution in [0.4, 0.5) is 16.4 Å². The predicted molar refractivity (Wildman–Crippen MR) is 162 cm³/mol. The molecule has 0 saturated carbocycles. The number of anilines is 2. The third-order valence-corrected chi connectivity index (χ3v) is 8.92. The van der Waals surface area contributed by atoms with Crippen LogP contribution in [0.2, 0.25) is 5.02 Å². The number of hydrogen-bond acceptors (Lipinski definition) is 7. The molecule has 1 N–H and O–H groups in total. The molecular weight excluding hydrogens is 556 g/mol. The Labute approximate surface area is 252 Å². The summed E-state index contributed by atoms with van der Waals surface area (Å²) in [5.74, 6) is 0.467. The first-order chi connectivity index (χ1) is 19.7. The van der Waals surface area contributed by atoms with Gasteiger partial charge in [0.15, 0.2) is 0 Å². The molecule has 2 saturated heterocycles. The molecule has 226 valence electrons. The fourth-order valence-electron chi connectivity index (χ4n) is 6.77. The van der Waals surface area contributed by atoms with Crippen molar-refractivity contribution in [1.82, 2.24) is 19.8 Å². The Bertz CT molecular complexity index is 1360. The Morgan fingerprint density at radius 3 is 2.31 bits per heavy atom. The van der Waals surface area contributed by atoms with Crippen molar-refractivity contribution in [2.45, 2.75) is 96.3 Å². The van der Waals surface area contributed by atoms with Crippen LogP contribution in [-0.4, -0.2) is 81.0 Å². The average Bonchev–Trinajstić information content (AvgIpc) is 3.30. The number of halogens is 1. The van der Waals surface area contributed by atoms with E-state index >= 15 is 0 Å². The summed E-state index contributed by atoms with van der Waals surface area (Å²) in [7, 11) is 0. The van der Waals surface area contributed by atoms with Gasteiger partial charge in [-0.15, -0.1) is 0 Å². The fraction of sp³-hybridized carbons (Fsp3) is 0.581. The molecule has 4 heterocycles. The smallest absolute Gasteiger partial charge is 0.410 e. The van der Waals surface area contributed by atoms with Crippen LogP contribution in [-0.2, 0) is 19.7 Å². The van der Waals surface area contributed by atoms with Gasteiger partial charge >= 0.3 is 6.09 Å². The highest BCUT2D eigenvalue weighted by atomic mass is 35.5. The molecule has 2 fully saturated rings. The van der Waals surface area contributed by atoms with Crippen LogP contribution in [0, 0.1) is 0 Å². The minimum absolute atomic E-state index is 0.0396. The number of piperazine rings is 1. The normalized spacial score (nSPS) is 21.7. The zero-order chi connectivity index (χ0) is 30.6. The summed E-state index contributed by atoms with van der Waals surface area (Å²) >= 11 is 6.17. The van der Waals surface area contributed by atoms with Gasteiger partial charge in [-0.2, -0.15) is 0 Å². The quantitative estimate of drug-likeness (QED) is 0.502. The molecule has 0 radical (unpaired) electrons. The van der Waals surface area contributed by atoms with Crippen LogP contribution >= 0.6 is 11.6 Å². The average molecular weight is 597 g/mol. The monoisotopic (exact) mass is 596 g/mol. The first kappa shape index (κ1) is 30.1. The third kappa shape index (κ3) is 5.41. The van der Waals surface area contributed by atoms with Crippen molar-refractivity contribution in [3.8, 4) is 0 Å². The topological polar surface area (TPSA) is 108 Å².